The highest BCUT2D eigenvalue weighted by molar-refractivity contribution is 6.10. The molecule has 0 saturated heterocycles. The number of para-hydroxylation sites is 2. The molecule has 0 aliphatic carbocycles. The van der Waals surface area contributed by atoms with Crippen LogP contribution in [-0.4, -0.2) is 0 Å². The van der Waals surface area contributed by atoms with Crippen molar-refractivity contribution in [2.75, 3.05) is 4.90 Å². The number of benzene rings is 9. The third kappa shape index (κ3) is 5.42. The second-order valence-corrected chi connectivity index (χ2v) is 12.6. The fraction of sp³-hybridized carbons (Fsp3) is 0. The molecule has 0 bridgehead atoms. The van der Waals surface area contributed by atoms with Crippen molar-refractivity contribution in [2.24, 2.45) is 0 Å². The minimum Gasteiger partial charge on any atom is -0.311 e. The van der Waals surface area contributed by atoms with Crippen LogP contribution in [0.4, 0.5) is 17.1 Å². The van der Waals surface area contributed by atoms with Crippen LogP contribution in [-0.2, 0) is 0 Å². The fourth-order valence-electron chi connectivity index (χ4n) is 7.16. The number of hydrogen-bond donors (Lipinski definition) is 0. The number of fused-ring (bicyclic) bond motifs is 4. The molecular formula is C48H33N. The van der Waals surface area contributed by atoms with Crippen LogP contribution < -0.4 is 4.90 Å². The maximum Gasteiger partial charge on any atom is 0.0462 e. The van der Waals surface area contributed by atoms with Gasteiger partial charge >= 0.3 is 0 Å². The summed E-state index contributed by atoms with van der Waals surface area (Å²) in [6.07, 6.45) is 0. The summed E-state index contributed by atoms with van der Waals surface area (Å²) in [5.74, 6) is 0. The lowest BCUT2D eigenvalue weighted by Crippen LogP contribution is -2.09. The van der Waals surface area contributed by atoms with Crippen molar-refractivity contribution in [2.45, 2.75) is 0 Å². The van der Waals surface area contributed by atoms with Gasteiger partial charge in [-0.25, -0.2) is 0 Å². The predicted molar refractivity (Wildman–Crippen MR) is 210 cm³/mol. The molecular weight excluding hydrogens is 591 g/mol. The highest BCUT2D eigenvalue weighted by Gasteiger charge is 2.14. The van der Waals surface area contributed by atoms with Gasteiger partial charge in [0.15, 0.2) is 0 Å². The summed E-state index contributed by atoms with van der Waals surface area (Å²) in [6, 6.07) is 72.4. The molecule has 0 saturated carbocycles. The van der Waals surface area contributed by atoms with E-state index in [1.807, 2.05) is 0 Å². The Bertz CT molecular complexity index is 2530. The van der Waals surface area contributed by atoms with Crippen LogP contribution in [0.3, 0.4) is 0 Å². The zero-order valence-electron chi connectivity index (χ0n) is 27.0. The van der Waals surface area contributed by atoms with E-state index in [0.717, 1.165) is 17.1 Å². The van der Waals surface area contributed by atoms with Crippen molar-refractivity contribution in [3.63, 3.8) is 0 Å². The molecule has 1 nitrogen and oxygen atoms in total. The highest BCUT2D eigenvalue weighted by atomic mass is 15.1. The third-order valence-electron chi connectivity index (χ3n) is 9.61. The van der Waals surface area contributed by atoms with Crippen molar-refractivity contribution in [1.29, 1.82) is 0 Å². The van der Waals surface area contributed by atoms with Crippen LogP contribution in [0.2, 0.25) is 0 Å². The van der Waals surface area contributed by atoms with Gasteiger partial charge in [0.25, 0.3) is 0 Å². The lowest BCUT2D eigenvalue weighted by atomic mass is 9.90. The Morgan fingerprint density at radius 2 is 0.673 bits per heavy atom. The molecule has 0 fully saturated rings. The minimum absolute atomic E-state index is 1.13. The first-order chi connectivity index (χ1) is 24.3. The van der Waals surface area contributed by atoms with E-state index in [1.165, 1.54) is 65.7 Å². The Balaban J connectivity index is 1.07. The molecule has 0 radical (unpaired) electrons. The van der Waals surface area contributed by atoms with E-state index in [0.29, 0.717) is 0 Å². The van der Waals surface area contributed by atoms with Crippen LogP contribution >= 0.6 is 0 Å². The Hall–Kier alpha value is -6.44. The maximum atomic E-state index is 2.35. The molecule has 0 heterocycles. The summed E-state index contributed by atoms with van der Waals surface area (Å²) in [4.78, 5) is 2.30. The Morgan fingerprint density at radius 1 is 0.245 bits per heavy atom. The molecule has 1 heteroatoms. The summed E-state index contributed by atoms with van der Waals surface area (Å²) in [5, 5.41) is 7.54. The second kappa shape index (κ2) is 12.3. The van der Waals surface area contributed by atoms with E-state index in [2.05, 4.69) is 205 Å². The molecule has 0 spiro atoms. The predicted octanol–water partition coefficient (Wildman–Crippen LogP) is 13.6. The molecule has 9 aromatic rings. The molecule has 9 aromatic carbocycles. The molecule has 49 heavy (non-hydrogen) atoms. The number of anilines is 3. The normalized spacial score (nSPS) is 11.3. The van der Waals surface area contributed by atoms with Gasteiger partial charge in [-0.2, -0.15) is 0 Å². The maximum absolute atomic E-state index is 2.35. The lowest BCUT2D eigenvalue weighted by Gasteiger charge is -2.25. The largest absolute Gasteiger partial charge is 0.311 e. The van der Waals surface area contributed by atoms with Gasteiger partial charge in [-0.15, -0.1) is 0 Å². The van der Waals surface area contributed by atoms with Crippen LogP contribution in [0.1, 0.15) is 0 Å². The molecule has 0 N–H and O–H groups in total. The third-order valence-corrected chi connectivity index (χ3v) is 9.61. The van der Waals surface area contributed by atoms with Gasteiger partial charge < -0.3 is 4.90 Å². The molecule has 9 rings (SSSR count). The van der Waals surface area contributed by atoms with Crippen molar-refractivity contribution < 1.29 is 0 Å². The number of hydrogen-bond acceptors (Lipinski definition) is 1. The van der Waals surface area contributed by atoms with Gasteiger partial charge in [0.2, 0.25) is 0 Å². The van der Waals surface area contributed by atoms with Crippen molar-refractivity contribution in [1.82, 2.24) is 0 Å². The van der Waals surface area contributed by atoms with Crippen LogP contribution in [0, 0.1) is 0 Å². The Morgan fingerprint density at radius 3 is 1.24 bits per heavy atom. The van der Waals surface area contributed by atoms with E-state index in [1.54, 1.807) is 0 Å². The lowest BCUT2D eigenvalue weighted by molar-refractivity contribution is 1.28. The second-order valence-electron chi connectivity index (χ2n) is 12.6. The van der Waals surface area contributed by atoms with Gasteiger partial charge in [-0.3, -0.25) is 0 Å². The van der Waals surface area contributed by atoms with Gasteiger partial charge in [-0.05, 0) is 126 Å². The summed E-state index contributed by atoms with van der Waals surface area (Å²) in [6.45, 7) is 0. The van der Waals surface area contributed by atoms with E-state index < -0.39 is 0 Å². The summed E-state index contributed by atoms with van der Waals surface area (Å²) in [5.41, 5.74) is 10.8. The molecule has 0 aromatic heterocycles. The molecule has 0 aliphatic rings. The van der Waals surface area contributed by atoms with Crippen LogP contribution in [0.25, 0.3) is 65.7 Å². The first-order valence-corrected chi connectivity index (χ1v) is 16.8. The van der Waals surface area contributed by atoms with Crippen molar-refractivity contribution >= 4 is 49.4 Å². The molecule has 0 atom stereocenters. The summed E-state index contributed by atoms with van der Waals surface area (Å²) >= 11 is 0. The highest BCUT2D eigenvalue weighted by Crippen LogP contribution is 2.39. The SMILES string of the molecule is c1ccc(-c2cc3ccccc3cc2-c2ccc3c(ccc4cc(-c5ccc(N(c6ccccc6)c6ccccc6)cc5)ccc43)c2)cc1. The van der Waals surface area contributed by atoms with Gasteiger partial charge in [0, 0.05) is 17.1 Å². The van der Waals surface area contributed by atoms with E-state index in [4.69, 9.17) is 0 Å². The topological polar surface area (TPSA) is 3.24 Å². The summed E-state index contributed by atoms with van der Waals surface area (Å²) < 4.78 is 0. The van der Waals surface area contributed by atoms with Gasteiger partial charge in [0.1, 0.15) is 0 Å². The Kier molecular flexibility index (Phi) is 7.22. The molecule has 0 unspecified atom stereocenters. The number of nitrogens with zero attached hydrogens (tertiary/aromatic N) is 1. The molecule has 230 valence electrons. The van der Waals surface area contributed by atoms with Crippen molar-refractivity contribution in [3.8, 4) is 33.4 Å². The first-order valence-electron chi connectivity index (χ1n) is 16.8. The average Bonchev–Trinajstić information content (AvgIpc) is 3.18. The van der Waals surface area contributed by atoms with Gasteiger partial charge in [-0.1, -0.05) is 140 Å². The van der Waals surface area contributed by atoms with E-state index >= 15 is 0 Å². The van der Waals surface area contributed by atoms with Crippen LogP contribution in [0.15, 0.2) is 200 Å². The zero-order valence-corrected chi connectivity index (χ0v) is 27.0. The quantitative estimate of drug-likeness (QED) is 0.167. The molecule has 0 aliphatic heterocycles. The smallest absolute Gasteiger partial charge is 0.0462 e. The number of rotatable bonds is 6. The standard InChI is InChI=1S/C48H33N/c1-4-12-35(13-5-1)47-32-36-14-10-11-15-37(36)33-48(47)41-25-29-46-40(31-41)21-20-39-30-38(24-28-45(39)46)34-22-26-44(27-23-34)49(42-16-6-2-7-17-42)43-18-8-3-9-19-43/h1-33H. The zero-order chi connectivity index (χ0) is 32.6. The molecule has 0 amide bonds. The van der Waals surface area contributed by atoms with Gasteiger partial charge in [0.05, 0.1) is 0 Å². The summed E-state index contributed by atoms with van der Waals surface area (Å²) in [7, 11) is 0. The van der Waals surface area contributed by atoms with Crippen LogP contribution in [0.5, 0.6) is 0 Å². The average molecular weight is 624 g/mol. The first kappa shape index (κ1) is 28.8. The Labute approximate surface area is 287 Å². The fourth-order valence-corrected chi connectivity index (χ4v) is 7.16. The van der Waals surface area contributed by atoms with E-state index in [9.17, 15) is 0 Å². The monoisotopic (exact) mass is 623 g/mol. The van der Waals surface area contributed by atoms with E-state index in [-0.39, 0.29) is 0 Å². The van der Waals surface area contributed by atoms with Crippen molar-refractivity contribution in [3.05, 3.63) is 200 Å². The minimum atomic E-state index is 1.13.